The van der Waals surface area contributed by atoms with Crippen LogP contribution in [0.15, 0.2) is 0 Å². The molecule has 0 aliphatic heterocycles. The fraction of sp³-hybridized carbons (Fsp3) is 1.00. The van der Waals surface area contributed by atoms with E-state index in [2.05, 4.69) is 13.8 Å². The molecule has 1 fully saturated rings. The molecule has 1 saturated carbocycles. The van der Waals surface area contributed by atoms with Gasteiger partial charge in [-0.25, -0.2) is 0 Å². The third-order valence-electron chi connectivity index (χ3n) is 3.08. The molecule has 0 aromatic heterocycles. The molecule has 2 nitrogen and oxygen atoms in total. The lowest BCUT2D eigenvalue weighted by Crippen LogP contribution is -2.37. The average molecular weight is 172 g/mol. The summed E-state index contributed by atoms with van der Waals surface area (Å²) < 4.78 is 10.8. The minimum absolute atomic E-state index is 0.436. The van der Waals surface area contributed by atoms with E-state index in [9.17, 15) is 0 Å². The Balaban J connectivity index is 2.49. The van der Waals surface area contributed by atoms with E-state index in [0.717, 1.165) is 12.8 Å². The van der Waals surface area contributed by atoms with Gasteiger partial charge in [-0.1, -0.05) is 13.8 Å². The molecular formula is C10H20O2. The number of methoxy groups -OCH3 is 2. The standard InChI is InChI=1S/C10H20O2/c1-7-5-10(12-4)8(2)6-9(7)11-3/h7-10H,5-6H2,1-4H3. The second-order valence-corrected chi connectivity index (χ2v) is 3.97. The predicted molar refractivity (Wildman–Crippen MR) is 49.2 cm³/mol. The summed E-state index contributed by atoms with van der Waals surface area (Å²) in [5.74, 6) is 1.27. The topological polar surface area (TPSA) is 18.5 Å². The maximum Gasteiger partial charge on any atom is 0.0601 e. The van der Waals surface area contributed by atoms with Gasteiger partial charge >= 0.3 is 0 Å². The van der Waals surface area contributed by atoms with Crippen LogP contribution in [0.4, 0.5) is 0 Å². The first kappa shape index (κ1) is 10.0. The van der Waals surface area contributed by atoms with Crippen LogP contribution >= 0.6 is 0 Å². The van der Waals surface area contributed by atoms with Gasteiger partial charge in [0.05, 0.1) is 12.2 Å². The van der Waals surface area contributed by atoms with Crippen molar-refractivity contribution in [1.82, 2.24) is 0 Å². The molecule has 72 valence electrons. The zero-order valence-corrected chi connectivity index (χ0v) is 8.54. The largest absolute Gasteiger partial charge is 0.381 e. The number of rotatable bonds is 2. The summed E-state index contributed by atoms with van der Waals surface area (Å²) in [5, 5.41) is 0. The van der Waals surface area contributed by atoms with E-state index in [1.165, 1.54) is 0 Å². The molecule has 4 atom stereocenters. The van der Waals surface area contributed by atoms with Crippen LogP contribution in [-0.2, 0) is 9.47 Å². The van der Waals surface area contributed by atoms with Crippen molar-refractivity contribution in [1.29, 1.82) is 0 Å². The Labute approximate surface area is 75.2 Å². The van der Waals surface area contributed by atoms with Gasteiger partial charge in [0, 0.05) is 14.2 Å². The molecular weight excluding hydrogens is 152 g/mol. The third kappa shape index (κ3) is 1.99. The fourth-order valence-corrected chi connectivity index (χ4v) is 2.16. The normalized spacial score (nSPS) is 43.0. The highest BCUT2D eigenvalue weighted by Gasteiger charge is 2.32. The summed E-state index contributed by atoms with van der Waals surface area (Å²) >= 11 is 0. The summed E-state index contributed by atoms with van der Waals surface area (Å²) in [7, 11) is 3.61. The smallest absolute Gasteiger partial charge is 0.0601 e. The van der Waals surface area contributed by atoms with Crippen molar-refractivity contribution in [2.24, 2.45) is 11.8 Å². The summed E-state index contributed by atoms with van der Waals surface area (Å²) in [5.41, 5.74) is 0. The molecule has 2 heteroatoms. The summed E-state index contributed by atoms with van der Waals surface area (Å²) in [6.07, 6.45) is 3.14. The van der Waals surface area contributed by atoms with Crippen LogP contribution < -0.4 is 0 Å². The van der Waals surface area contributed by atoms with Crippen molar-refractivity contribution in [3.05, 3.63) is 0 Å². The predicted octanol–water partition coefficient (Wildman–Crippen LogP) is 2.08. The van der Waals surface area contributed by atoms with Gasteiger partial charge < -0.3 is 9.47 Å². The monoisotopic (exact) mass is 172 g/mol. The first-order chi connectivity index (χ1) is 5.69. The molecule has 0 bridgehead atoms. The van der Waals surface area contributed by atoms with Gasteiger partial charge in [0.15, 0.2) is 0 Å². The molecule has 1 rings (SSSR count). The maximum absolute atomic E-state index is 5.41. The first-order valence-electron chi connectivity index (χ1n) is 4.74. The Morgan fingerprint density at radius 1 is 0.833 bits per heavy atom. The van der Waals surface area contributed by atoms with Gasteiger partial charge in [-0.2, -0.15) is 0 Å². The lowest BCUT2D eigenvalue weighted by molar-refractivity contribution is -0.0575. The minimum Gasteiger partial charge on any atom is -0.381 e. The van der Waals surface area contributed by atoms with Crippen LogP contribution in [0.2, 0.25) is 0 Å². The van der Waals surface area contributed by atoms with Crippen molar-refractivity contribution < 1.29 is 9.47 Å². The van der Waals surface area contributed by atoms with Crippen molar-refractivity contribution in [3.8, 4) is 0 Å². The number of ether oxygens (including phenoxy) is 2. The fourth-order valence-electron chi connectivity index (χ4n) is 2.16. The van der Waals surface area contributed by atoms with E-state index < -0.39 is 0 Å². The number of hydrogen-bond acceptors (Lipinski definition) is 2. The van der Waals surface area contributed by atoms with Crippen molar-refractivity contribution in [2.75, 3.05) is 14.2 Å². The zero-order chi connectivity index (χ0) is 9.14. The average Bonchev–Trinajstić information content (AvgIpc) is 2.08. The first-order valence-corrected chi connectivity index (χ1v) is 4.74. The Hall–Kier alpha value is -0.0800. The van der Waals surface area contributed by atoms with E-state index in [4.69, 9.17) is 9.47 Å². The minimum atomic E-state index is 0.436. The van der Waals surface area contributed by atoms with Crippen LogP contribution in [0.3, 0.4) is 0 Å². The van der Waals surface area contributed by atoms with Gasteiger partial charge in [0.1, 0.15) is 0 Å². The molecule has 0 aromatic carbocycles. The lowest BCUT2D eigenvalue weighted by Gasteiger charge is -2.37. The van der Waals surface area contributed by atoms with Gasteiger partial charge in [0.2, 0.25) is 0 Å². The molecule has 0 radical (unpaired) electrons. The molecule has 0 N–H and O–H groups in total. The molecule has 4 unspecified atom stereocenters. The Kier molecular flexibility index (Phi) is 3.53. The lowest BCUT2D eigenvalue weighted by atomic mass is 9.79. The zero-order valence-electron chi connectivity index (χ0n) is 8.54. The third-order valence-corrected chi connectivity index (χ3v) is 3.08. The van der Waals surface area contributed by atoms with Crippen LogP contribution in [0.1, 0.15) is 26.7 Å². The second kappa shape index (κ2) is 4.24. The number of hydrogen-bond donors (Lipinski definition) is 0. The second-order valence-electron chi connectivity index (χ2n) is 3.97. The van der Waals surface area contributed by atoms with E-state index in [0.29, 0.717) is 24.0 Å². The highest BCUT2D eigenvalue weighted by molar-refractivity contribution is 4.82. The Morgan fingerprint density at radius 2 is 1.17 bits per heavy atom. The van der Waals surface area contributed by atoms with E-state index in [1.807, 2.05) is 0 Å². The SMILES string of the molecule is COC1CC(C)C(OC)CC1C. The van der Waals surface area contributed by atoms with Crippen LogP contribution in [0.25, 0.3) is 0 Å². The van der Waals surface area contributed by atoms with Crippen LogP contribution in [0, 0.1) is 11.8 Å². The molecule has 1 aliphatic rings. The molecule has 0 aromatic rings. The highest BCUT2D eigenvalue weighted by atomic mass is 16.5. The Bertz CT molecular complexity index is 120. The maximum atomic E-state index is 5.41. The van der Waals surface area contributed by atoms with Crippen molar-refractivity contribution in [3.63, 3.8) is 0 Å². The van der Waals surface area contributed by atoms with Gasteiger partial charge in [-0.05, 0) is 24.7 Å². The summed E-state index contributed by atoms with van der Waals surface area (Å²) in [6, 6.07) is 0. The van der Waals surface area contributed by atoms with Crippen LogP contribution in [0.5, 0.6) is 0 Å². The van der Waals surface area contributed by atoms with Gasteiger partial charge in [0.25, 0.3) is 0 Å². The molecule has 12 heavy (non-hydrogen) atoms. The van der Waals surface area contributed by atoms with Crippen molar-refractivity contribution in [2.45, 2.75) is 38.9 Å². The molecule has 0 amide bonds. The Morgan fingerprint density at radius 3 is 1.42 bits per heavy atom. The van der Waals surface area contributed by atoms with Crippen LogP contribution in [-0.4, -0.2) is 26.4 Å². The van der Waals surface area contributed by atoms with Crippen molar-refractivity contribution >= 4 is 0 Å². The summed E-state index contributed by atoms with van der Waals surface area (Å²) in [6.45, 7) is 4.48. The van der Waals surface area contributed by atoms with Gasteiger partial charge in [-0.3, -0.25) is 0 Å². The summed E-state index contributed by atoms with van der Waals surface area (Å²) in [4.78, 5) is 0. The molecule has 0 heterocycles. The van der Waals surface area contributed by atoms with E-state index in [-0.39, 0.29) is 0 Å². The highest BCUT2D eigenvalue weighted by Crippen LogP contribution is 2.31. The van der Waals surface area contributed by atoms with E-state index >= 15 is 0 Å². The quantitative estimate of drug-likeness (QED) is 0.635. The van der Waals surface area contributed by atoms with Gasteiger partial charge in [-0.15, -0.1) is 0 Å². The molecule has 1 aliphatic carbocycles. The molecule has 0 saturated heterocycles. The van der Waals surface area contributed by atoms with E-state index in [1.54, 1.807) is 14.2 Å². The molecule has 0 spiro atoms.